The second-order valence-electron chi connectivity index (χ2n) is 10.2. The largest absolute Gasteiger partial charge is 0.497 e. The van der Waals surface area contributed by atoms with Crippen molar-refractivity contribution < 1.29 is 9.53 Å². The number of hydrogen-bond acceptors (Lipinski definition) is 2. The van der Waals surface area contributed by atoms with E-state index < -0.39 is 0 Å². The molecule has 0 spiro atoms. The number of hydrogen-bond donors (Lipinski definition) is 0. The Morgan fingerprint density at radius 1 is 1.03 bits per heavy atom. The molecule has 0 heterocycles. The Morgan fingerprint density at radius 3 is 2.67 bits per heavy atom. The molecule has 2 fully saturated rings. The van der Waals surface area contributed by atoms with Gasteiger partial charge < -0.3 is 4.74 Å². The molecule has 2 nitrogen and oxygen atoms in total. The average molecular weight is 399 g/mol. The van der Waals surface area contributed by atoms with E-state index in [0.29, 0.717) is 23.5 Å². The minimum Gasteiger partial charge on any atom is -0.497 e. The quantitative estimate of drug-likeness (QED) is 0.615. The zero-order valence-electron chi connectivity index (χ0n) is 17.9. The van der Waals surface area contributed by atoms with Crippen LogP contribution in [0.5, 0.6) is 5.75 Å². The third kappa shape index (κ3) is 2.46. The second kappa shape index (κ2) is 6.57. The van der Waals surface area contributed by atoms with Gasteiger partial charge in [-0.05, 0) is 90.0 Å². The maximum absolute atomic E-state index is 13.4. The summed E-state index contributed by atoms with van der Waals surface area (Å²) in [7, 11) is 1.75. The molecular formula is C28H30O2. The smallest absolute Gasteiger partial charge is 0.166 e. The van der Waals surface area contributed by atoms with Crippen molar-refractivity contribution >= 4 is 11.4 Å². The fourth-order valence-corrected chi connectivity index (χ4v) is 7.67. The van der Waals surface area contributed by atoms with Crippen LogP contribution >= 0.6 is 0 Å². The fourth-order valence-electron chi connectivity index (χ4n) is 7.67. The molecule has 2 aromatic carbocycles. The van der Waals surface area contributed by atoms with E-state index in [9.17, 15) is 4.79 Å². The van der Waals surface area contributed by atoms with Gasteiger partial charge in [0.1, 0.15) is 5.75 Å². The minimum atomic E-state index is 0.200. The van der Waals surface area contributed by atoms with Crippen LogP contribution in [-0.2, 0) is 11.2 Å². The lowest BCUT2D eigenvalue weighted by molar-refractivity contribution is -0.117. The molecule has 0 N–H and O–H groups in total. The van der Waals surface area contributed by atoms with Crippen molar-refractivity contribution in [1.82, 2.24) is 0 Å². The van der Waals surface area contributed by atoms with Gasteiger partial charge in [0.05, 0.1) is 7.11 Å². The normalized spacial score (nSPS) is 36.4. The molecule has 4 aliphatic carbocycles. The zero-order valence-corrected chi connectivity index (χ0v) is 17.9. The molecule has 0 amide bonds. The number of fused-ring (bicyclic) bond motifs is 7. The first-order chi connectivity index (χ1) is 14.6. The van der Waals surface area contributed by atoms with Gasteiger partial charge in [-0.3, -0.25) is 4.79 Å². The molecule has 0 bridgehead atoms. The molecule has 0 aliphatic heterocycles. The number of ether oxygens (including phenoxy) is 1. The van der Waals surface area contributed by atoms with Crippen LogP contribution in [0.1, 0.15) is 55.2 Å². The molecular weight excluding hydrogens is 368 g/mol. The predicted molar refractivity (Wildman–Crippen MR) is 119 cm³/mol. The van der Waals surface area contributed by atoms with E-state index in [-0.39, 0.29) is 11.3 Å². The van der Waals surface area contributed by atoms with Crippen molar-refractivity contribution in [1.29, 1.82) is 0 Å². The summed E-state index contributed by atoms with van der Waals surface area (Å²) in [4.78, 5) is 13.4. The van der Waals surface area contributed by atoms with E-state index in [4.69, 9.17) is 4.74 Å². The van der Waals surface area contributed by atoms with Crippen LogP contribution in [0.4, 0.5) is 0 Å². The van der Waals surface area contributed by atoms with Crippen LogP contribution in [0, 0.1) is 29.1 Å². The second-order valence-corrected chi connectivity index (χ2v) is 10.2. The molecule has 0 saturated heterocycles. The summed E-state index contributed by atoms with van der Waals surface area (Å²) >= 11 is 0. The van der Waals surface area contributed by atoms with Crippen molar-refractivity contribution in [2.45, 2.75) is 44.9 Å². The number of allylic oxidation sites excluding steroid dienone is 2. The lowest BCUT2D eigenvalue weighted by atomic mass is 9.54. The first-order valence-corrected chi connectivity index (χ1v) is 11.6. The monoisotopic (exact) mass is 398 g/mol. The van der Waals surface area contributed by atoms with Crippen LogP contribution in [0.3, 0.4) is 0 Å². The Kier molecular flexibility index (Phi) is 4.04. The summed E-state index contributed by atoms with van der Waals surface area (Å²) in [5, 5.41) is 0. The van der Waals surface area contributed by atoms with E-state index in [2.05, 4.69) is 43.3 Å². The Bertz CT molecular complexity index is 1040. The van der Waals surface area contributed by atoms with Crippen LogP contribution in [0.25, 0.3) is 5.57 Å². The van der Waals surface area contributed by atoms with Gasteiger partial charge in [0.25, 0.3) is 0 Å². The third-order valence-electron chi connectivity index (χ3n) is 9.11. The van der Waals surface area contributed by atoms with E-state index in [1.807, 2.05) is 18.2 Å². The summed E-state index contributed by atoms with van der Waals surface area (Å²) in [5.41, 5.74) is 5.39. The Balaban J connectivity index is 1.33. The number of benzene rings is 2. The van der Waals surface area contributed by atoms with Crippen molar-refractivity contribution in [3.63, 3.8) is 0 Å². The van der Waals surface area contributed by atoms with E-state index in [0.717, 1.165) is 35.6 Å². The topological polar surface area (TPSA) is 26.3 Å². The highest BCUT2D eigenvalue weighted by molar-refractivity contribution is 6.24. The molecule has 0 aromatic heterocycles. The lowest BCUT2D eigenvalue weighted by Gasteiger charge is -2.50. The van der Waals surface area contributed by atoms with Crippen LogP contribution in [0.2, 0.25) is 0 Å². The molecule has 6 rings (SSSR count). The summed E-state index contributed by atoms with van der Waals surface area (Å²) in [6.45, 7) is 2.50. The first kappa shape index (κ1) is 18.4. The van der Waals surface area contributed by atoms with Gasteiger partial charge in [-0.15, -0.1) is 0 Å². The lowest BCUT2D eigenvalue weighted by Crippen LogP contribution is -2.42. The van der Waals surface area contributed by atoms with Crippen LogP contribution in [-0.4, -0.2) is 12.9 Å². The van der Waals surface area contributed by atoms with Gasteiger partial charge in [0.2, 0.25) is 0 Å². The number of carbonyl (C=O) groups is 1. The molecule has 4 aliphatic rings. The van der Waals surface area contributed by atoms with E-state index in [1.54, 1.807) is 12.7 Å². The van der Waals surface area contributed by atoms with Crippen LogP contribution in [0.15, 0.2) is 54.6 Å². The summed E-state index contributed by atoms with van der Waals surface area (Å²) in [5.74, 6) is 4.04. The molecule has 2 heteroatoms. The van der Waals surface area contributed by atoms with Gasteiger partial charge in [-0.25, -0.2) is 0 Å². The Hall–Kier alpha value is -2.35. The molecule has 30 heavy (non-hydrogen) atoms. The SMILES string of the molecule is COc1ccc2c(c1)CC[C@@H]1[C@@H]2CC[C@]2(C)[C@@H]3C=C(c4ccccc4)C(=O)[C@@H]3C[C@@H]12. The highest BCUT2D eigenvalue weighted by Crippen LogP contribution is 2.67. The van der Waals surface area contributed by atoms with Crippen molar-refractivity contribution in [2.75, 3.05) is 7.11 Å². The third-order valence-corrected chi connectivity index (χ3v) is 9.11. The average Bonchev–Trinajstić information content (AvgIpc) is 3.27. The van der Waals surface area contributed by atoms with Gasteiger partial charge in [-0.2, -0.15) is 0 Å². The zero-order chi connectivity index (χ0) is 20.5. The molecule has 6 atom stereocenters. The fraction of sp³-hybridized carbons (Fsp3) is 0.464. The van der Waals surface area contributed by atoms with Gasteiger partial charge in [-0.1, -0.05) is 49.4 Å². The molecule has 154 valence electrons. The number of methoxy groups -OCH3 is 1. The molecule has 2 aromatic rings. The number of rotatable bonds is 2. The summed E-state index contributed by atoms with van der Waals surface area (Å²) in [6, 6.07) is 17.0. The standard InChI is InChI=1S/C28H30O2/c1-28-13-12-21-20-11-9-19(30-2)14-18(20)8-10-22(21)25(28)16-24-26(28)15-23(27(24)29)17-6-4-3-5-7-17/h3-7,9,11,14-15,21-22,24-26H,8,10,12-13,16H2,1-2H3/t21-,22-,24-,25+,26-,28+/m1/s1. The molecule has 2 saturated carbocycles. The van der Waals surface area contributed by atoms with Gasteiger partial charge in [0.15, 0.2) is 5.78 Å². The van der Waals surface area contributed by atoms with E-state index in [1.165, 1.54) is 24.8 Å². The highest BCUT2D eigenvalue weighted by atomic mass is 16.5. The van der Waals surface area contributed by atoms with E-state index >= 15 is 0 Å². The number of Topliss-reactive ketones (excluding diaryl/α,β-unsaturated/α-hetero) is 1. The molecule has 0 unspecified atom stereocenters. The highest BCUT2D eigenvalue weighted by Gasteiger charge is 2.60. The molecule has 0 radical (unpaired) electrons. The number of carbonyl (C=O) groups excluding carboxylic acids is 1. The van der Waals surface area contributed by atoms with Crippen molar-refractivity contribution in [3.8, 4) is 5.75 Å². The van der Waals surface area contributed by atoms with Gasteiger partial charge >= 0.3 is 0 Å². The van der Waals surface area contributed by atoms with Crippen molar-refractivity contribution in [2.24, 2.45) is 29.1 Å². The van der Waals surface area contributed by atoms with Crippen LogP contribution < -0.4 is 4.74 Å². The summed E-state index contributed by atoms with van der Waals surface area (Å²) in [6.07, 6.45) is 8.34. The maximum Gasteiger partial charge on any atom is 0.166 e. The number of aryl methyl sites for hydroxylation is 1. The first-order valence-electron chi connectivity index (χ1n) is 11.6. The Labute approximate surface area is 179 Å². The predicted octanol–water partition coefficient (Wildman–Crippen LogP) is 6.06. The number of ketones is 1. The maximum atomic E-state index is 13.4. The summed E-state index contributed by atoms with van der Waals surface area (Å²) < 4.78 is 5.47. The Morgan fingerprint density at radius 2 is 1.87 bits per heavy atom. The minimum absolute atomic E-state index is 0.200. The van der Waals surface area contributed by atoms with Crippen molar-refractivity contribution in [3.05, 3.63) is 71.3 Å². The van der Waals surface area contributed by atoms with Gasteiger partial charge in [0, 0.05) is 11.5 Å².